The largest absolute Gasteiger partial charge is 0.496 e. The van der Waals surface area contributed by atoms with Crippen LogP contribution in [-0.2, 0) is 20.7 Å². The summed E-state index contributed by atoms with van der Waals surface area (Å²) >= 11 is 2.70. The number of ether oxygens (including phenoxy) is 3. The monoisotopic (exact) mass is 611 g/mol. The molecule has 0 aliphatic rings. The van der Waals surface area contributed by atoms with Crippen molar-refractivity contribution in [3.63, 3.8) is 0 Å². The number of rotatable bonds is 14. The molecule has 11 heteroatoms. The van der Waals surface area contributed by atoms with Gasteiger partial charge in [0.15, 0.2) is 11.6 Å². The lowest BCUT2D eigenvalue weighted by molar-refractivity contribution is -0.144. The molecule has 9 nitrogen and oxygen atoms in total. The van der Waals surface area contributed by atoms with Crippen LogP contribution < -0.4 is 14.8 Å². The summed E-state index contributed by atoms with van der Waals surface area (Å²) in [4.78, 5) is 49.4. The van der Waals surface area contributed by atoms with Crippen molar-refractivity contribution in [3.8, 4) is 11.5 Å². The third kappa shape index (κ3) is 6.91. The lowest BCUT2D eigenvalue weighted by Gasteiger charge is -2.13. The molecule has 2 N–H and O–H groups in total. The summed E-state index contributed by atoms with van der Waals surface area (Å²) in [5.41, 5.74) is 1.73. The number of hydrogen-bond acceptors (Lipinski definition) is 10. The third-order valence-electron chi connectivity index (χ3n) is 7.03. The molecule has 0 bridgehead atoms. The number of carboxylic acid groups (broad SMARTS) is 1. The van der Waals surface area contributed by atoms with E-state index < -0.39 is 23.8 Å². The molecular formula is C31H33NO8S2. The van der Waals surface area contributed by atoms with Gasteiger partial charge >= 0.3 is 11.9 Å². The summed E-state index contributed by atoms with van der Waals surface area (Å²) < 4.78 is 17.8. The van der Waals surface area contributed by atoms with Gasteiger partial charge in [-0.3, -0.25) is 19.2 Å². The topological polar surface area (TPSA) is 128 Å². The van der Waals surface area contributed by atoms with E-state index in [0.717, 1.165) is 31.4 Å². The Hall–Kier alpha value is -3.96. The number of nitrogens with one attached hydrogen (secondary N) is 1. The van der Waals surface area contributed by atoms with Gasteiger partial charge in [-0.05, 0) is 53.1 Å². The molecule has 222 valence electrons. The number of hydrogen-bond donors (Lipinski definition) is 2. The van der Waals surface area contributed by atoms with Crippen molar-refractivity contribution in [1.82, 2.24) is 0 Å². The van der Waals surface area contributed by atoms with E-state index in [1.165, 1.54) is 36.7 Å². The van der Waals surface area contributed by atoms with Gasteiger partial charge in [0.1, 0.15) is 11.5 Å². The van der Waals surface area contributed by atoms with E-state index in [-0.39, 0.29) is 24.4 Å². The second-order valence-corrected chi connectivity index (χ2v) is 12.3. The number of ketones is 2. The van der Waals surface area contributed by atoms with Crippen LogP contribution in [0, 0.1) is 11.8 Å². The van der Waals surface area contributed by atoms with Gasteiger partial charge in [-0.1, -0.05) is 13.8 Å². The molecule has 0 unspecified atom stereocenters. The first-order valence-corrected chi connectivity index (χ1v) is 15.0. The highest BCUT2D eigenvalue weighted by molar-refractivity contribution is 7.21. The maximum absolute atomic E-state index is 12.8. The number of anilines is 1. The molecule has 0 radical (unpaired) electrons. The number of aliphatic carboxylic acids is 1. The average Bonchev–Trinajstić information content (AvgIpc) is 3.59. The summed E-state index contributed by atoms with van der Waals surface area (Å²) in [7, 11) is 4.50. The van der Waals surface area contributed by atoms with E-state index in [1.54, 1.807) is 21.1 Å². The zero-order valence-electron chi connectivity index (χ0n) is 24.1. The lowest BCUT2D eigenvalue weighted by Crippen LogP contribution is -2.16. The number of carboxylic acids is 1. The second-order valence-electron chi connectivity index (χ2n) is 10.1. The molecule has 0 spiro atoms. The van der Waals surface area contributed by atoms with Crippen molar-refractivity contribution in [2.45, 2.75) is 33.1 Å². The summed E-state index contributed by atoms with van der Waals surface area (Å²) in [5, 5.41) is 14.4. The number of fused-ring (bicyclic) bond motifs is 2. The molecule has 4 aromatic rings. The van der Waals surface area contributed by atoms with Crippen molar-refractivity contribution in [2.24, 2.45) is 11.8 Å². The van der Waals surface area contributed by atoms with Gasteiger partial charge in [0, 0.05) is 34.9 Å². The summed E-state index contributed by atoms with van der Waals surface area (Å²) in [6.07, 6.45) is 0.651. The molecule has 0 saturated heterocycles. The van der Waals surface area contributed by atoms with Crippen LogP contribution in [0.1, 0.15) is 51.6 Å². The van der Waals surface area contributed by atoms with Gasteiger partial charge < -0.3 is 24.6 Å². The Balaban J connectivity index is 1.49. The van der Waals surface area contributed by atoms with Gasteiger partial charge in [-0.2, -0.15) is 0 Å². The zero-order valence-corrected chi connectivity index (χ0v) is 25.7. The maximum Gasteiger partial charge on any atom is 0.308 e. The Bertz CT molecular complexity index is 1650. The normalized spacial score (nSPS) is 12.6. The Morgan fingerprint density at radius 2 is 1.33 bits per heavy atom. The van der Waals surface area contributed by atoms with Crippen LogP contribution in [0.15, 0.2) is 36.4 Å². The lowest BCUT2D eigenvalue weighted by atomic mass is 10.0. The number of thiophene rings is 2. The van der Waals surface area contributed by atoms with Crippen molar-refractivity contribution < 1.29 is 38.5 Å². The van der Waals surface area contributed by atoms with Gasteiger partial charge in [-0.25, -0.2) is 0 Å². The average molecular weight is 612 g/mol. The molecule has 2 heterocycles. The van der Waals surface area contributed by atoms with Crippen molar-refractivity contribution in [1.29, 1.82) is 0 Å². The predicted molar refractivity (Wildman–Crippen MR) is 165 cm³/mol. The van der Waals surface area contributed by atoms with E-state index in [0.29, 0.717) is 34.2 Å². The van der Waals surface area contributed by atoms with E-state index in [1.807, 2.05) is 36.4 Å². The van der Waals surface area contributed by atoms with Crippen LogP contribution in [-0.4, -0.2) is 56.5 Å². The second kappa shape index (κ2) is 13.3. The SMILES string of the molecule is COC(=O)[C@@H](C)CC(=O)c1cc2cc(NCCc3cc4cc(C(=O)C[C@H](C)C(=O)O)sc4cc3OC)c(OC)cc2s1. The Morgan fingerprint density at radius 3 is 1.88 bits per heavy atom. The van der Waals surface area contributed by atoms with Crippen LogP contribution in [0.5, 0.6) is 11.5 Å². The van der Waals surface area contributed by atoms with Gasteiger partial charge in [0.05, 0.1) is 48.6 Å². The number of methoxy groups -OCH3 is 3. The first-order chi connectivity index (χ1) is 20.0. The molecule has 0 aliphatic heterocycles. The zero-order chi connectivity index (χ0) is 30.6. The summed E-state index contributed by atoms with van der Waals surface area (Å²) in [5.74, 6) is -1.61. The molecule has 0 fully saturated rings. The van der Waals surface area contributed by atoms with Crippen LogP contribution in [0.2, 0.25) is 0 Å². The van der Waals surface area contributed by atoms with Crippen molar-refractivity contribution >= 4 is 72.0 Å². The van der Waals surface area contributed by atoms with Crippen LogP contribution in [0.25, 0.3) is 20.2 Å². The van der Waals surface area contributed by atoms with Crippen LogP contribution >= 0.6 is 22.7 Å². The third-order valence-corrected chi connectivity index (χ3v) is 9.30. The molecule has 2 atom stereocenters. The molecule has 0 saturated carbocycles. The highest BCUT2D eigenvalue weighted by Crippen LogP contribution is 2.37. The smallest absolute Gasteiger partial charge is 0.308 e. The highest BCUT2D eigenvalue weighted by Gasteiger charge is 2.21. The van der Waals surface area contributed by atoms with E-state index in [4.69, 9.17) is 19.3 Å². The number of Topliss-reactive ketones (excluding diaryl/α,β-unsaturated/α-hetero) is 2. The molecule has 42 heavy (non-hydrogen) atoms. The number of carbonyl (C=O) groups is 4. The fourth-order valence-corrected chi connectivity index (χ4v) is 6.66. The summed E-state index contributed by atoms with van der Waals surface area (Å²) in [6.45, 7) is 3.76. The minimum absolute atomic E-state index is 0.0470. The van der Waals surface area contributed by atoms with E-state index in [9.17, 15) is 19.2 Å². The minimum atomic E-state index is -0.991. The molecule has 0 aliphatic carbocycles. The summed E-state index contributed by atoms with van der Waals surface area (Å²) in [6, 6.07) is 11.4. The van der Waals surface area contributed by atoms with Crippen molar-refractivity contribution in [2.75, 3.05) is 33.2 Å². The first-order valence-electron chi connectivity index (χ1n) is 13.4. The molecule has 0 amide bonds. The van der Waals surface area contributed by atoms with Crippen LogP contribution in [0.3, 0.4) is 0 Å². The Kier molecular flexibility index (Phi) is 9.85. The highest BCUT2D eigenvalue weighted by atomic mass is 32.1. The van der Waals surface area contributed by atoms with Gasteiger partial charge in [-0.15, -0.1) is 22.7 Å². The maximum atomic E-state index is 12.8. The molecule has 2 aromatic heterocycles. The van der Waals surface area contributed by atoms with Gasteiger partial charge in [0.2, 0.25) is 0 Å². The minimum Gasteiger partial charge on any atom is -0.496 e. The number of esters is 1. The molecular weight excluding hydrogens is 578 g/mol. The van der Waals surface area contributed by atoms with Crippen molar-refractivity contribution in [3.05, 3.63) is 51.7 Å². The fraction of sp³-hybridized carbons (Fsp3) is 0.355. The molecule has 4 rings (SSSR count). The Labute approximate surface area is 251 Å². The quantitative estimate of drug-likeness (QED) is 0.122. The predicted octanol–water partition coefficient (Wildman–Crippen LogP) is 6.46. The molecule has 2 aromatic carbocycles. The first kappa shape index (κ1) is 31.0. The van der Waals surface area contributed by atoms with Crippen LogP contribution in [0.4, 0.5) is 5.69 Å². The number of benzene rings is 2. The van der Waals surface area contributed by atoms with E-state index >= 15 is 0 Å². The Morgan fingerprint density at radius 1 is 0.786 bits per heavy atom. The number of carbonyl (C=O) groups excluding carboxylic acids is 3. The fourth-order valence-electron chi connectivity index (χ4n) is 4.61. The van der Waals surface area contributed by atoms with Gasteiger partial charge in [0.25, 0.3) is 0 Å². The standard InChI is InChI=1S/C31H33NO8S2/c1-16(30(35)36)8-22(33)28-12-19-10-18(24(38-3)14-26(19)41-28)6-7-32-21-11-20-13-29(42-27(20)15-25(21)39-4)23(34)9-17(2)31(37)40-5/h10-17,32H,6-9H2,1-5H3,(H,35,36)/t16-,17-/m0/s1. The van der Waals surface area contributed by atoms with E-state index in [2.05, 4.69) is 5.32 Å².